The average molecular weight is 287 g/mol. The van der Waals surface area contributed by atoms with E-state index in [4.69, 9.17) is 5.84 Å². The second kappa shape index (κ2) is 5.29. The van der Waals surface area contributed by atoms with Crippen LogP contribution in [0.4, 0.5) is 34.9 Å². The summed E-state index contributed by atoms with van der Waals surface area (Å²) in [6.45, 7) is 0. The molecule has 0 atom stereocenters. The summed E-state index contributed by atoms with van der Waals surface area (Å²) in [6.07, 6.45) is -4.72. The number of rotatable bonds is 3. The van der Waals surface area contributed by atoms with Crippen molar-refractivity contribution in [3.05, 3.63) is 42.0 Å². The van der Waals surface area contributed by atoms with E-state index < -0.39 is 17.8 Å². The fourth-order valence-electron chi connectivity index (χ4n) is 1.43. The summed E-state index contributed by atoms with van der Waals surface area (Å²) in [6, 6.07) is 6.38. The van der Waals surface area contributed by atoms with E-state index >= 15 is 0 Å². The van der Waals surface area contributed by atoms with Crippen molar-refractivity contribution in [1.82, 2.24) is 9.97 Å². The number of halogens is 4. The third kappa shape index (κ3) is 3.32. The molecule has 106 valence electrons. The molecule has 0 aliphatic rings. The highest BCUT2D eigenvalue weighted by Crippen LogP contribution is 2.29. The van der Waals surface area contributed by atoms with Gasteiger partial charge in [-0.05, 0) is 18.2 Å². The maximum Gasteiger partial charge on any atom is 0.451 e. The van der Waals surface area contributed by atoms with Crippen molar-refractivity contribution >= 4 is 17.3 Å². The van der Waals surface area contributed by atoms with Crippen LogP contribution in [-0.4, -0.2) is 9.97 Å². The number of benzene rings is 1. The van der Waals surface area contributed by atoms with Crippen LogP contribution in [0.15, 0.2) is 30.3 Å². The van der Waals surface area contributed by atoms with Crippen LogP contribution in [0, 0.1) is 5.82 Å². The van der Waals surface area contributed by atoms with Crippen LogP contribution in [-0.2, 0) is 6.18 Å². The van der Waals surface area contributed by atoms with E-state index in [9.17, 15) is 17.6 Å². The lowest BCUT2D eigenvalue weighted by atomic mass is 10.3. The number of nitrogens with two attached hydrogens (primary N) is 1. The fraction of sp³-hybridized carbons (Fsp3) is 0.0909. The molecule has 9 heteroatoms. The van der Waals surface area contributed by atoms with Crippen LogP contribution in [0.5, 0.6) is 0 Å². The van der Waals surface area contributed by atoms with Gasteiger partial charge < -0.3 is 10.7 Å². The van der Waals surface area contributed by atoms with E-state index in [0.717, 1.165) is 6.07 Å². The molecule has 2 aromatic rings. The molecule has 0 fully saturated rings. The molecule has 0 bridgehead atoms. The third-order valence-electron chi connectivity index (χ3n) is 2.22. The minimum atomic E-state index is -4.72. The lowest BCUT2D eigenvalue weighted by molar-refractivity contribution is -0.144. The Hall–Kier alpha value is -2.42. The summed E-state index contributed by atoms with van der Waals surface area (Å²) >= 11 is 0. The summed E-state index contributed by atoms with van der Waals surface area (Å²) in [5, 5.41) is 2.55. The summed E-state index contributed by atoms with van der Waals surface area (Å²) in [4.78, 5) is 6.51. The first-order valence-corrected chi connectivity index (χ1v) is 5.34. The lowest BCUT2D eigenvalue weighted by Gasteiger charge is -2.11. The number of hydrogen-bond acceptors (Lipinski definition) is 5. The standard InChI is InChI=1S/C11H9F4N5/c12-6-2-1-3-7(4-6)17-8-5-9(20-16)19-10(18-8)11(13,14)15/h1-5H,16H2,(H2,17,18,19,20). The van der Waals surface area contributed by atoms with Crippen LogP contribution in [0.2, 0.25) is 0 Å². The van der Waals surface area contributed by atoms with Gasteiger partial charge >= 0.3 is 6.18 Å². The van der Waals surface area contributed by atoms with E-state index in [1.807, 2.05) is 5.43 Å². The maximum absolute atomic E-state index is 13.0. The van der Waals surface area contributed by atoms with Crippen LogP contribution >= 0.6 is 0 Å². The quantitative estimate of drug-likeness (QED) is 0.459. The fourth-order valence-corrected chi connectivity index (χ4v) is 1.43. The van der Waals surface area contributed by atoms with Crippen molar-refractivity contribution in [2.24, 2.45) is 5.84 Å². The van der Waals surface area contributed by atoms with Crippen molar-refractivity contribution in [2.45, 2.75) is 6.18 Å². The van der Waals surface area contributed by atoms with Gasteiger partial charge in [-0.3, -0.25) is 0 Å². The highest BCUT2D eigenvalue weighted by atomic mass is 19.4. The molecule has 0 unspecified atom stereocenters. The summed E-state index contributed by atoms with van der Waals surface area (Å²) < 4.78 is 50.8. The number of anilines is 3. The van der Waals surface area contributed by atoms with Gasteiger partial charge in [0.2, 0.25) is 5.82 Å². The average Bonchev–Trinajstić information content (AvgIpc) is 2.37. The second-order valence-corrected chi connectivity index (χ2v) is 3.74. The zero-order chi connectivity index (χ0) is 14.8. The topological polar surface area (TPSA) is 75.9 Å². The monoisotopic (exact) mass is 287 g/mol. The highest BCUT2D eigenvalue weighted by Gasteiger charge is 2.35. The Balaban J connectivity index is 2.36. The Morgan fingerprint density at radius 3 is 2.35 bits per heavy atom. The summed E-state index contributed by atoms with van der Waals surface area (Å²) in [5.41, 5.74) is 2.26. The molecule has 0 saturated heterocycles. The zero-order valence-corrected chi connectivity index (χ0v) is 9.87. The van der Waals surface area contributed by atoms with E-state index in [1.54, 1.807) is 0 Å². The Morgan fingerprint density at radius 2 is 1.75 bits per heavy atom. The van der Waals surface area contributed by atoms with Gasteiger partial charge in [0.1, 0.15) is 17.5 Å². The van der Waals surface area contributed by atoms with E-state index in [2.05, 4.69) is 15.3 Å². The smallest absolute Gasteiger partial charge is 0.340 e. The van der Waals surface area contributed by atoms with Gasteiger partial charge in [-0.2, -0.15) is 13.2 Å². The largest absolute Gasteiger partial charge is 0.451 e. The van der Waals surface area contributed by atoms with E-state index in [0.29, 0.717) is 0 Å². The van der Waals surface area contributed by atoms with Crippen LogP contribution < -0.4 is 16.6 Å². The molecule has 1 aromatic carbocycles. The third-order valence-corrected chi connectivity index (χ3v) is 2.22. The summed E-state index contributed by atoms with van der Waals surface area (Å²) in [7, 11) is 0. The predicted octanol–water partition coefficient (Wildman–Crippen LogP) is 2.66. The van der Waals surface area contributed by atoms with E-state index in [1.165, 1.54) is 24.3 Å². The molecule has 4 N–H and O–H groups in total. The number of hydrazine groups is 1. The first-order valence-electron chi connectivity index (χ1n) is 5.34. The number of hydrogen-bond donors (Lipinski definition) is 3. The first-order chi connectivity index (χ1) is 9.38. The molecule has 0 spiro atoms. The van der Waals surface area contributed by atoms with Crippen molar-refractivity contribution in [3.63, 3.8) is 0 Å². The minimum Gasteiger partial charge on any atom is -0.340 e. The van der Waals surface area contributed by atoms with Gasteiger partial charge in [-0.1, -0.05) is 6.07 Å². The summed E-state index contributed by atoms with van der Waals surface area (Å²) in [5.74, 6) is 2.79. The second-order valence-electron chi connectivity index (χ2n) is 3.74. The normalized spacial score (nSPS) is 11.2. The molecule has 0 radical (unpaired) electrons. The lowest BCUT2D eigenvalue weighted by Crippen LogP contribution is -2.16. The molecule has 1 aromatic heterocycles. The van der Waals surface area contributed by atoms with Gasteiger partial charge in [0, 0.05) is 11.8 Å². The molecule has 0 amide bonds. The highest BCUT2D eigenvalue weighted by molar-refractivity contribution is 5.59. The molecule has 0 aliphatic heterocycles. The molecule has 2 rings (SSSR count). The number of nitrogens with one attached hydrogen (secondary N) is 2. The van der Waals surface area contributed by atoms with Crippen molar-refractivity contribution in [3.8, 4) is 0 Å². The predicted molar refractivity (Wildman–Crippen MR) is 64.5 cm³/mol. The Morgan fingerprint density at radius 1 is 1.05 bits per heavy atom. The first kappa shape index (κ1) is 14.0. The Labute approximate surface area is 110 Å². The van der Waals surface area contributed by atoms with Crippen LogP contribution in [0.1, 0.15) is 5.82 Å². The number of nitrogens with zero attached hydrogens (tertiary/aromatic N) is 2. The van der Waals surface area contributed by atoms with E-state index in [-0.39, 0.29) is 17.3 Å². The van der Waals surface area contributed by atoms with Crippen molar-refractivity contribution in [1.29, 1.82) is 0 Å². The number of nitrogen functional groups attached to an aromatic ring is 1. The van der Waals surface area contributed by atoms with Crippen molar-refractivity contribution < 1.29 is 17.6 Å². The number of aromatic nitrogens is 2. The Kier molecular flexibility index (Phi) is 3.70. The molecule has 0 aliphatic carbocycles. The van der Waals surface area contributed by atoms with Crippen LogP contribution in [0.3, 0.4) is 0 Å². The van der Waals surface area contributed by atoms with Gasteiger partial charge in [0.05, 0.1) is 0 Å². The van der Waals surface area contributed by atoms with Gasteiger partial charge in [0.25, 0.3) is 0 Å². The van der Waals surface area contributed by atoms with Crippen LogP contribution in [0.25, 0.3) is 0 Å². The van der Waals surface area contributed by atoms with Crippen molar-refractivity contribution in [2.75, 3.05) is 10.7 Å². The van der Waals surface area contributed by atoms with Gasteiger partial charge in [-0.15, -0.1) is 0 Å². The van der Waals surface area contributed by atoms with Gasteiger partial charge in [-0.25, -0.2) is 20.2 Å². The SMILES string of the molecule is NNc1cc(Nc2cccc(F)c2)nc(C(F)(F)F)n1. The minimum absolute atomic E-state index is 0.161. The molecule has 1 heterocycles. The zero-order valence-electron chi connectivity index (χ0n) is 9.87. The molecule has 5 nitrogen and oxygen atoms in total. The molecule has 20 heavy (non-hydrogen) atoms. The molecular weight excluding hydrogens is 278 g/mol. The maximum atomic E-state index is 13.0. The van der Waals surface area contributed by atoms with Gasteiger partial charge in [0.15, 0.2) is 0 Å². The molecular formula is C11H9F4N5. The number of alkyl halides is 3. The molecule has 0 saturated carbocycles. The Bertz CT molecular complexity index is 614.